The molecule has 1 aliphatic heterocycles. The van der Waals surface area contributed by atoms with E-state index in [9.17, 15) is 19.2 Å². The number of aryl methyl sites for hydroxylation is 1. The summed E-state index contributed by atoms with van der Waals surface area (Å²) in [4.78, 5) is 49.8. The molecular weight excluding hydrogens is 394 g/mol. The third-order valence-electron chi connectivity index (χ3n) is 5.33. The fourth-order valence-electron chi connectivity index (χ4n) is 3.52. The van der Waals surface area contributed by atoms with Gasteiger partial charge in [-0.3, -0.25) is 19.8 Å². The van der Waals surface area contributed by atoms with E-state index in [-0.39, 0.29) is 5.75 Å². The lowest BCUT2D eigenvalue weighted by Crippen LogP contribution is -2.52. The van der Waals surface area contributed by atoms with Crippen LogP contribution in [0.4, 0.5) is 4.79 Å². The van der Waals surface area contributed by atoms with Gasteiger partial charge in [0.1, 0.15) is 5.54 Å². The lowest BCUT2D eigenvalue weighted by molar-refractivity contribution is -0.148. The predicted molar refractivity (Wildman–Crippen MR) is 107 cm³/mol. The van der Waals surface area contributed by atoms with Crippen LogP contribution in [-0.2, 0) is 19.1 Å². The van der Waals surface area contributed by atoms with E-state index in [2.05, 4.69) is 17.7 Å². The van der Waals surface area contributed by atoms with Crippen molar-refractivity contribution in [3.8, 4) is 0 Å². The number of carbonyl (C=O) groups excluding carboxylic acids is 4. The van der Waals surface area contributed by atoms with Crippen LogP contribution in [0, 0.1) is 12.8 Å². The summed E-state index contributed by atoms with van der Waals surface area (Å²) in [6.45, 7) is 3.49. The summed E-state index contributed by atoms with van der Waals surface area (Å²) < 4.78 is 4.96. The summed E-state index contributed by atoms with van der Waals surface area (Å²) in [5.41, 5.74) is 2.36. The number of ether oxygens (including phenoxy) is 1. The monoisotopic (exact) mass is 419 g/mol. The molecule has 1 aliphatic carbocycles. The van der Waals surface area contributed by atoms with Crippen LogP contribution >= 0.6 is 11.8 Å². The first-order valence-corrected chi connectivity index (χ1v) is 10.6. The van der Waals surface area contributed by atoms with Crippen molar-refractivity contribution in [3.05, 3.63) is 29.8 Å². The Labute approximate surface area is 173 Å². The zero-order valence-electron chi connectivity index (χ0n) is 16.5. The zero-order valence-corrected chi connectivity index (χ0v) is 17.3. The number of esters is 1. The van der Waals surface area contributed by atoms with Gasteiger partial charge in [0.15, 0.2) is 6.61 Å². The number of benzene rings is 1. The van der Waals surface area contributed by atoms with Gasteiger partial charge in [0, 0.05) is 4.90 Å². The molecule has 1 heterocycles. The minimum absolute atomic E-state index is 0.0581. The molecule has 2 N–H and O–H groups in total. The van der Waals surface area contributed by atoms with Crippen molar-refractivity contribution >= 4 is 35.6 Å². The molecule has 0 aromatic heterocycles. The number of nitrogens with one attached hydrogen (secondary N) is 2. The average molecular weight is 420 g/mol. The highest BCUT2D eigenvalue weighted by molar-refractivity contribution is 8.00. The van der Waals surface area contributed by atoms with E-state index >= 15 is 0 Å². The molecule has 2 fully saturated rings. The number of urea groups is 1. The van der Waals surface area contributed by atoms with Crippen molar-refractivity contribution in [2.75, 3.05) is 12.4 Å². The fourth-order valence-corrected chi connectivity index (χ4v) is 4.34. The Morgan fingerprint density at radius 2 is 1.97 bits per heavy atom. The number of hydrazine groups is 1. The summed E-state index contributed by atoms with van der Waals surface area (Å²) in [6.07, 6.45) is 2.78. The van der Waals surface area contributed by atoms with Gasteiger partial charge >= 0.3 is 12.0 Å². The van der Waals surface area contributed by atoms with Crippen LogP contribution < -0.4 is 10.7 Å². The molecule has 9 heteroatoms. The van der Waals surface area contributed by atoms with Crippen LogP contribution in [0.1, 0.15) is 38.2 Å². The molecule has 1 saturated heterocycles. The van der Waals surface area contributed by atoms with Crippen molar-refractivity contribution in [1.29, 1.82) is 0 Å². The smallest absolute Gasteiger partial charge is 0.344 e. The van der Waals surface area contributed by atoms with Crippen LogP contribution in [0.3, 0.4) is 0 Å². The third kappa shape index (κ3) is 4.90. The number of thioether (sulfide) groups is 1. The molecule has 1 aromatic carbocycles. The van der Waals surface area contributed by atoms with Gasteiger partial charge < -0.3 is 10.1 Å². The number of imide groups is 1. The summed E-state index contributed by atoms with van der Waals surface area (Å²) in [5.74, 6) is -1.18. The maximum absolute atomic E-state index is 12.7. The number of carbonyl (C=O) groups is 4. The van der Waals surface area contributed by atoms with E-state index in [1.807, 2.05) is 31.2 Å². The first-order chi connectivity index (χ1) is 13.8. The molecule has 2 aliphatic rings. The normalized spacial score (nSPS) is 23.8. The van der Waals surface area contributed by atoms with E-state index in [1.165, 1.54) is 11.8 Å². The highest BCUT2D eigenvalue weighted by atomic mass is 32.2. The van der Waals surface area contributed by atoms with E-state index in [4.69, 9.17) is 4.74 Å². The van der Waals surface area contributed by atoms with Gasteiger partial charge in [-0.05, 0) is 50.2 Å². The Hall–Kier alpha value is -2.55. The van der Waals surface area contributed by atoms with E-state index in [0.29, 0.717) is 23.8 Å². The largest absolute Gasteiger partial charge is 0.455 e. The van der Waals surface area contributed by atoms with Crippen molar-refractivity contribution in [2.24, 2.45) is 5.92 Å². The van der Waals surface area contributed by atoms with E-state index in [1.54, 1.807) is 0 Å². The molecule has 1 spiro atoms. The van der Waals surface area contributed by atoms with Gasteiger partial charge in [0.2, 0.25) is 0 Å². The first-order valence-electron chi connectivity index (χ1n) is 9.61. The first kappa shape index (κ1) is 21.2. The number of nitrogens with zero attached hydrogens (tertiary/aromatic N) is 1. The standard InChI is InChI=1S/C20H25N3O5S/c1-13-7-9-20(10-8-13)18(26)23(19(27)21-20)22-16(24)11-28-17(25)12-29-15-6-4-3-5-14(15)2/h3-6,13H,7-12H2,1-2H3,(H,21,27)(H,22,24). The Balaban J connectivity index is 1.45. The van der Waals surface area contributed by atoms with Gasteiger partial charge in [-0.15, -0.1) is 11.8 Å². The molecule has 0 unspecified atom stereocenters. The van der Waals surface area contributed by atoms with Crippen molar-refractivity contribution in [1.82, 2.24) is 15.8 Å². The molecule has 8 nitrogen and oxygen atoms in total. The quantitative estimate of drug-likeness (QED) is 0.416. The van der Waals surface area contributed by atoms with Gasteiger partial charge in [-0.2, -0.15) is 5.01 Å². The summed E-state index contributed by atoms with van der Waals surface area (Å²) in [7, 11) is 0. The molecule has 3 rings (SSSR count). The molecule has 156 valence electrons. The Morgan fingerprint density at radius 3 is 2.66 bits per heavy atom. The lowest BCUT2D eigenvalue weighted by Gasteiger charge is -2.33. The fraction of sp³-hybridized carbons (Fsp3) is 0.500. The molecular formula is C20H25N3O5S. The van der Waals surface area contributed by atoms with E-state index < -0.39 is 36.0 Å². The van der Waals surface area contributed by atoms with Gasteiger partial charge in [0.25, 0.3) is 11.8 Å². The Bertz CT molecular complexity index is 820. The van der Waals surface area contributed by atoms with Crippen LogP contribution in [0.2, 0.25) is 0 Å². The van der Waals surface area contributed by atoms with Crippen LogP contribution in [0.25, 0.3) is 0 Å². The average Bonchev–Trinajstić information content (AvgIpc) is 2.92. The number of hydrogen-bond acceptors (Lipinski definition) is 6. The summed E-state index contributed by atoms with van der Waals surface area (Å²) in [5, 5.41) is 3.42. The minimum atomic E-state index is -0.933. The third-order valence-corrected chi connectivity index (χ3v) is 6.48. The minimum Gasteiger partial charge on any atom is -0.455 e. The van der Waals surface area contributed by atoms with Crippen LogP contribution in [-0.4, -0.2) is 46.7 Å². The summed E-state index contributed by atoms with van der Waals surface area (Å²) in [6, 6.07) is 6.99. The lowest BCUT2D eigenvalue weighted by atomic mass is 9.77. The highest BCUT2D eigenvalue weighted by Gasteiger charge is 2.52. The van der Waals surface area contributed by atoms with Gasteiger partial charge in [-0.1, -0.05) is 25.1 Å². The van der Waals surface area contributed by atoms with Gasteiger partial charge in [-0.25, -0.2) is 4.79 Å². The van der Waals surface area contributed by atoms with Gasteiger partial charge in [0.05, 0.1) is 5.75 Å². The molecule has 1 saturated carbocycles. The topological polar surface area (TPSA) is 105 Å². The predicted octanol–water partition coefficient (Wildman–Crippen LogP) is 2.16. The number of amides is 4. The second-order valence-corrected chi connectivity index (χ2v) is 8.60. The molecule has 29 heavy (non-hydrogen) atoms. The molecule has 1 aromatic rings. The van der Waals surface area contributed by atoms with Crippen LogP contribution in [0.5, 0.6) is 0 Å². The van der Waals surface area contributed by atoms with Crippen molar-refractivity contribution < 1.29 is 23.9 Å². The van der Waals surface area contributed by atoms with E-state index in [0.717, 1.165) is 23.3 Å². The molecule has 4 amide bonds. The van der Waals surface area contributed by atoms with Crippen LogP contribution in [0.15, 0.2) is 29.2 Å². The second kappa shape index (κ2) is 8.86. The Morgan fingerprint density at radius 1 is 1.28 bits per heavy atom. The van der Waals surface area contributed by atoms with Crippen molar-refractivity contribution in [2.45, 2.75) is 50.0 Å². The second-order valence-electron chi connectivity index (χ2n) is 7.59. The maximum Gasteiger partial charge on any atom is 0.344 e. The maximum atomic E-state index is 12.7. The SMILES string of the molecule is Cc1ccccc1SCC(=O)OCC(=O)NN1C(=O)NC2(CCC(C)CC2)C1=O. The van der Waals surface area contributed by atoms with Crippen molar-refractivity contribution in [3.63, 3.8) is 0 Å². The Kier molecular flexibility index (Phi) is 6.46. The molecule has 0 radical (unpaired) electrons. The zero-order chi connectivity index (χ0) is 21.0. The summed E-state index contributed by atoms with van der Waals surface area (Å²) >= 11 is 1.32. The number of hydrogen-bond donors (Lipinski definition) is 2. The number of rotatable bonds is 6. The molecule has 0 bridgehead atoms. The molecule has 0 atom stereocenters. The highest BCUT2D eigenvalue weighted by Crippen LogP contribution is 2.35.